The molecular weight excluding hydrogens is 1210 g/mol. The molecule has 0 spiro atoms. The van der Waals surface area contributed by atoms with E-state index in [1.807, 2.05) is 6.08 Å². The van der Waals surface area contributed by atoms with Gasteiger partial charge in [0.1, 0.15) is 73.2 Å². The molecule has 3 fully saturated rings. The first-order chi connectivity index (χ1) is 46.3. The molecule has 0 aliphatic carbocycles. The molecule has 17 unspecified atom stereocenters. The fourth-order valence-corrected chi connectivity index (χ4v) is 11.9. The van der Waals surface area contributed by atoms with Gasteiger partial charge in [-0.1, -0.05) is 259 Å². The number of nitrogens with one attached hydrogen (secondary N) is 1. The Balaban J connectivity index is 1.26. The minimum atomic E-state index is -1.98. The van der Waals surface area contributed by atoms with Crippen molar-refractivity contribution in [2.24, 2.45) is 0 Å². The highest BCUT2D eigenvalue weighted by Crippen LogP contribution is 2.33. The van der Waals surface area contributed by atoms with Gasteiger partial charge in [-0.2, -0.15) is 0 Å². The van der Waals surface area contributed by atoms with Crippen LogP contribution in [0.2, 0.25) is 0 Å². The van der Waals surface area contributed by atoms with Gasteiger partial charge in [0.25, 0.3) is 0 Å². The molecule has 548 valence electrons. The molecule has 0 saturated carbocycles. The zero-order valence-corrected chi connectivity index (χ0v) is 58.1. The van der Waals surface area contributed by atoms with Gasteiger partial charge >= 0.3 is 0 Å². The van der Waals surface area contributed by atoms with Gasteiger partial charge in [0.15, 0.2) is 18.9 Å². The summed E-state index contributed by atoms with van der Waals surface area (Å²) >= 11 is 0. The molecular formula is C76H131NO18. The molecule has 12 N–H and O–H groups in total. The molecule has 0 aromatic heterocycles. The van der Waals surface area contributed by atoms with Crippen LogP contribution < -0.4 is 5.32 Å². The van der Waals surface area contributed by atoms with Crippen LogP contribution in [0.5, 0.6) is 0 Å². The molecule has 3 rings (SSSR count). The average molecular weight is 1350 g/mol. The minimum absolute atomic E-state index is 0.241. The van der Waals surface area contributed by atoms with Crippen LogP contribution in [-0.2, 0) is 33.2 Å². The number of carbonyl (C=O) groups is 1. The topological polar surface area (TPSA) is 307 Å². The second kappa shape index (κ2) is 56.5. The Morgan fingerprint density at radius 2 is 0.726 bits per heavy atom. The number of aliphatic hydroxyl groups excluding tert-OH is 11. The summed E-state index contributed by atoms with van der Waals surface area (Å²) in [6.45, 7) is 1.57. The summed E-state index contributed by atoms with van der Waals surface area (Å²) in [6.07, 6.45) is 48.7. The first kappa shape index (κ1) is 85.9. The van der Waals surface area contributed by atoms with Gasteiger partial charge in [0.05, 0.1) is 38.6 Å². The lowest BCUT2D eigenvalue weighted by Crippen LogP contribution is -2.66. The molecule has 0 aromatic carbocycles. The lowest BCUT2D eigenvalue weighted by atomic mass is 9.96. The lowest BCUT2D eigenvalue weighted by Gasteiger charge is -2.48. The number of rotatable bonds is 56. The first-order valence-electron chi connectivity index (χ1n) is 37.0. The van der Waals surface area contributed by atoms with Crippen LogP contribution in [0.15, 0.2) is 97.2 Å². The van der Waals surface area contributed by atoms with E-state index in [1.165, 1.54) is 128 Å². The van der Waals surface area contributed by atoms with Gasteiger partial charge in [-0.3, -0.25) is 4.79 Å². The molecule has 0 bridgehead atoms. The van der Waals surface area contributed by atoms with Crippen LogP contribution in [0.1, 0.15) is 245 Å². The average Bonchev–Trinajstić information content (AvgIpc) is 0.797. The van der Waals surface area contributed by atoms with Crippen molar-refractivity contribution in [3.8, 4) is 0 Å². The highest BCUT2D eigenvalue weighted by atomic mass is 16.8. The van der Waals surface area contributed by atoms with E-state index in [9.17, 15) is 61.0 Å². The Morgan fingerprint density at radius 3 is 1.14 bits per heavy atom. The molecule has 3 heterocycles. The zero-order valence-electron chi connectivity index (χ0n) is 58.1. The molecule has 19 nitrogen and oxygen atoms in total. The van der Waals surface area contributed by atoms with E-state index < -0.39 is 124 Å². The Bertz CT molecular complexity index is 2100. The van der Waals surface area contributed by atoms with Crippen LogP contribution in [0.3, 0.4) is 0 Å². The standard InChI is InChI=1S/C76H131NO18/c1-3-5-7-9-11-13-14-15-16-17-18-19-20-21-22-23-24-25-26-27-28-29-30-31-32-33-34-35-36-37-38-39-40-41-42-43-44-46-48-50-52-54-64(82)77-59(60(81)53-51-49-47-45-12-10-8-6-4-2)58-90-74-70(88)67(85)72(62(56-79)92-74)95-76-71(89)68(86)73(63(57-80)93-76)94-75-69(87)66(84)65(83)61(55-78)91-75/h5,7,11,13,15-16,18-19,21-22,24-25,27-28,51,53,59-63,65-76,78-81,83-89H,3-4,6,8-10,12,14,17,20,23,26,29-50,52,54-58H2,1-2H3,(H,77,82)/b7-5-,13-11-,16-15-,19-18-,22-21-,25-24-,28-27-,53-51+. The summed E-state index contributed by atoms with van der Waals surface area (Å²) < 4.78 is 34.3. The summed E-state index contributed by atoms with van der Waals surface area (Å²) in [6, 6.07) is -0.973. The summed E-state index contributed by atoms with van der Waals surface area (Å²) in [5.74, 6) is -0.279. The van der Waals surface area contributed by atoms with Crippen LogP contribution in [0, 0.1) is 0 Å². The maximum Gasteiger partial charge on any atom is 0.220 e. The molecule has 3 saturated heterocycles. The van der Waals surface area contributed by atoms with E-state index in [2.05, 4.69) is 104 Å². The van der Waals surface area contributed by atoms with E-state index in [0.29, 0.717) is 6.42 Å². The molecule has 3 aliphatic rings. The summed E-state index contributed by atoms with van der Waals surface area (Å²) in [4.78, 5) is 13.4. The number of hydrogen-bond acceptors (Lipinski definition) is 18. The number of unbranched alkanes of at least 4 members (excludes halogenated alkanes) is 26. The van der Waals surface area contributed by atoms with Crippen molar-refractivity contribution in [1.29, 1.82) is 0 Å². The number of ether oxygens (including phenoxy) is 6. The van der Waals surface area contributed by atoms with Crippen LogP contribution in [0.25, 0.3) is 0 Å². The Morgan fingerprint density at radius 1 is 0.389 bits per heavy atom. The van der Waals surface area contributed by atoms with Crippen molar-refractivity contribution in [2.75, 3.05) is 26.4 Å². The van der Waals surface area contributed by atoms with Gasteiger partial charge in [0, 0.05) is 6.42 Å². The van der Waals surface area contributed by atoms with Crippen LogP contribution >= 0.6 is 0 Å². The second-order valence-electron chi connectivity index (χ2n) is 26.0. The third-order valence-electron chi connectivity index (χ3n) is 17.9. The van der Waals surface area contributed by atoms with Crippen molar-refractivity contribution in [3.05, 3.63) is 97.2 Å². The highest BCUT2D eigenvalue weighted by Gasteiger charge is 2.53. The third-order valence-corrected chi connectivity index (χ3v) is 17.9. The zero-order chi connectivity index (χ0) is 68.9. The smallest absolute Gasteiger partial charge is 0.220 e. The molecule has 19 heteroatoms. The number of amides is 1. The van der Waals surface area contributed by atoms with E-state index >= 15 is 0 Å². The first-order valence-corrected chi connectivity index (χ1v) is 37.0. The van der Waals surface area contributed by atoms with Crippen molar-refractivity contribution in [3.63, 3.8) is 0 Å². The Kier molecular flexibility index (Phi) is 51.1. The van der Waals surface area contributed by atoms with Gasteiger partial charge in [-0.15, -0.1) is 0 Å². The van der Waals surface area contributed by atoms with Gasteiger partial charge < -0.3 is 89.9 Å². The predicted molar refractivity (Wildman–Crippen MR) is 374 cm³/mol. The van der Waals surface area contributed by atoms with Crippen molar-refractivity contribution in [2.45, 2.75) is 349 Å². The van der Waals surface area contributed by atoms with E-state index in [0.717, 1.165) is 89.9 Å². The summed E-state index contributed by atoms with van der Waals surface area (Å²) in [5.41, 5.74) is 0. The summed E-state index contributed by atoms with van der Waals surface area (Å²) in [5, 5.41) is 120. The molecule has 0 radical (unpaired) electrons. The maximum atomic E-state index is 13.4. The molecule has 95 heavy (non-hydrogen) atoms. The van der Waals surface area contributed by atoms with E-state index in [1.54, 1.807) is 6.08 Å². The normalized spacial score (nSPS) is 27.8. The number of carbonyl (C=O) groups excluding carboxylic acids is 1. The molecule has 1 amide bonds. The SMILES string of the molecule is CC/C=C\C/C=C\C/C=C\C/C=C\C/C=C\C/C=C\C/C=C\CCCCCCCCCCCCCCCCCCCCCC(=O)NC(COC1OC(CO)C(OC2OC(CO)C(OC3OC(CO)C(O)C(O)C3O)C(O)C2O)C(O)C1O)C(O)/C=C/CCCCCCCCC. The lowest BCUT2D eigenvalue weighted by molar-refractivity contribution is -0.379. The largest absolute Gasteiger partial charge is 0.394 e. The van der Waals surface area contributed by atoms with Crippen molar-refractivity contribution in [1.82, 2.24) is 5.32 Å². The fraction of sp³-hybridized carbons (Fsp3) is 0.776. The Labute approximate surface area is 571 Å². The van der Waals surface area contributed by atoms with Crippen molar-refractivity contribution >= 4 is 5.91 Å². The molecule has 17 atom stereocenters. The predicted octanol–water partition coefficient (Wildman–Crippen LogP) is 10.8. The second-order valence-corrected chi connectivity index (χ2v) is 26.0. The minimum Gasteiger partial charge on any atom is -0.394 e. The van der Waals surface area contributed by atoms with Crippen LogP contribution in [-0.4, -0.2) is 193 Å². The molecule has 0 aromatic rings. The number of aliphatic hydroxyl groups is 11. The molecule has 3 aliphatic heterocycles. The third kappa shape index (κ3) is 37.6. The maximum absolute atomic E-state index is 13.4. The van der Waals surface area contributed by atoms with E-state index in [4.69, 9.17) is 28.4 Å². The number of allylic oxidation sites excluding steroid dienone is 15. The number of hydrogen-bond donors (Lipinski definition) is 12. The monoisotopic (exact) mass is 1350 g/mol. The van der Waals surface area contributed by atoms with Gasteiger partial charge in [-0.05, 0) is 77.0 Å². The summed E-state index contributed by atoms with van der Waals surface area (Å²) in [7, 11) is 0. The van der Waals surface area contributed by atoms with Crippen molar-refractivity contribution < 1.29 is 89.4 Å². The van der Waals surface area contributed by atoms with E-state index in [-0.39, 0.29) is 18.9 Å². The van der Waals surface area contributed by atoms with Crippen LogP contribution in [0.4, 0.5) is 0 Å². The fourth-order valence-electron chi connectivity index (χ4n) is 11.9. The Hall–Kier alpha value is -3.29. The van der Waals surface area contributed by atoms with Gasteiger partial charge in [0.2, 0.25) is 5.91 Å². The van der Waals surface area contributed by atoms with Gasteiger partial charge in [-0.25, -0.2) is 0 Å². The highest BCUT2D eigenvalue weighted by molar-refractivity contribution is 5.76. The quantitative estimate of drug-likeness (QED) is 0.0199.